The highest BCUT2D eigenvalue weighted by molar-refractivity contribution is 7.16. The monoisotopic (exact) mass is 419 g/mol. The topological polar surface area (TPSA) is 62.3 Å². The summed E-state index contributed by atoms with van der Waals surface area (Å²) < 4.78 is 0. The second-order valence-corrected chi connectivity index (χ2v) is 8.76. The number of fused-ring (bicyclic) bond motifs is 2. The van der Waals surface area contributed by atoms with Gasteiger partial charge in [0, 0.05) is 28.8 Å². The molecular weight excluding hydrogens is 402 g/mol. The van der Waals surface area contributed by atoms with E-state index in [0.717, 1.165) is 21.3 Å². The van der Waals surface area contributed by atoms with Crippen molar-refractivity contribution in [1.82, 2.24) is 9.88 Å². The van der Waals surface area contributed by atoms with Crippen LogP contribution < -0.4 is 5.32 Å². The highest BCUT2D eigenvalue weighted by Gasteiger charge is 2.25. The zero-order valence-electron chi connectivity index (χ0n) is 15.4. The van der Waals surface area contributed by atoms with Gasteiger partial charge in [-0.05, 0) is 34.4 Å². The molecule has 5 rings (SSSR count). The van der Waals surface area contributed by atoms with Crippen LogP contribution in [0.25, 0.3) is 10.8 Å². The molecular formula is C22H17N3O2S2. The molecule has 0 saturated heterocycles. The lowest BCUT2D eigenvalue weighted by atomic mass is 10.1. The van der Waals surface area contributed by atoms with Gasteiger partial charge in [-0.15, -0.1) is 0 Å². The minimum atomic E-state index is -0.151. The molecule has 29 heavy (non-hydrogen) atoms. The molecule has 1 aliphatic heterocycles. The van der Waals surface area contributed by atoms with Gasteiger partial charge in [-0.1, -0.05) is 41.7 Å². The number of aromatic nitrogens is 1. The lowest BCUT2D eigenvalue weighted by Crippen LogP contribution is -2.35. The first kappa shape index (κ1) is 18.0. The number of nitrogens with one attached hydrogen (secondary N) is 1. The molecule has 2 amide bonds. The molecule has 0 spiro atoms. The Balaban J connectivity index is 1.33. The third kappa shape index (κ3) is 3.54. The average molecular weight is 420 g/mol. The van der Waals surface area contributed by atoms with Crippen molar-refractivity contribution < 1.29 is 9.59 Å². The predicted molar refractivity (Wildman–Crippen MR) is 117 cm³/mol. The van der Waals surface area contributed by atoms with Crippen LogP contribution in [0, 0.1) is 0 Å². The molecule has 0 saturated carbocycles. The summed E-state index contributed by atoms with van der Waals surface area (Å²) in [5.41, 5.74) is 2.30. The fraction of sp³-hybridized carbons (Fsp3) is 0.136. The van der Waals surface area contributed by atoms with E-state index >= 15 is 0 Å². The molecule has 2 aromatic carbocycles. The number of rotatable bonds is 3. The minimum Gasteiger partial charge on any atom is -0.333 e. The van der Waals surface area contributed by atoms with E-state index in [1.807, 2.05) is 58.1 Å². The van der Waals surface area contributed by atoms with Crippen molar-refractivity contribution in [2.24, 2.45) is 0 Å². The van der Waals surface area contributed by atoms with Gasteiger partial charge < -0.3 is 4.90 Å². The van der Waals surface area contributed by atoms with Gasteiger partial charge in [0.05, 0.1) is 17.8 Å². The molecule has 0 bridgehead atoms. The molecule has 3 heterocycles. The Labute approximate surface area is 175 Å². The summed E-state index contributed by atoms with van der Waals surface area (Å²) >= 11 is 2.93. The Morgan fingerprint density at radius 3 is 2.72 bits per heavy atom. The van der Waals surface area contributed by atoms with Crippen molar-refractivity contribution >= 4 is 50.4 Å². The Morgan fingerprint density at radius 2 is 1.90 bits per heavy atom. The first-order valence-corrected chi connectivity index (χ1v) is 11.0. The SMILES string of the molecule is O=C(Nc1nc2c(s1)CN(C(=O)c1ccc3ccccc3c1)CC2)c1ccsc1. The molecule has 0 aliphatic carbocycles. The maximum atomic E-state index is 13.0. The third-order valence-electron chi connectivity index (χ3n) is 5.02. The van der Waals surface area contributed by atoms with Crippen LogP contribution >= 0.6 is 22.7 Å². The Bertz CT molecular complexity index is 1210. The fourth-order valence-corrected chi connectivity index (χ4v) is 5.14. The van der Waals surface area contributed by atoms with Gasteiger partial charge in [-0.3, -0.25) is 14.9 Å². The molecule has 4 aromatic rings. The van der Waals surface area contributed by atoms with Crippen LogP contribution in [0.5, 0.6) is 0 Å². The van der Waals surface area contributed by atoms with Crippen molar-refractivity contribution in [3.63, 3.8) is 0 Å². The zero-order valence-corrected chi connectivity index (χ0v) is 17.1. The smallest absolute Gasteiger partial charge is 0.258 e. The van der Waals surface area contributed by atoms with Gasteiger partial charge in [0.15, 0.2) is 5.13 Å². The summed E-state index contributed by atoms with van der Waals surface area (Å²) in [6.07, 6.45) is 0.694. The third-order valence-corrected chi connectivity index (χ3v) is 6.70. The lowest BCUT2D eigenvalue weighted by molar-refractivity contribution is 0.0736. The molecule has 144 valence electrons. The van der Waals surface area contributed by atoms with Crippen LogP contribution in [0.2, 0.25) is 0 Å². The van der Waals surface area contributed by atoms with E-state index in [4.69, 9.17) is 0 Å². The standard InChI is InChI=1S/C22H17N3O2S2/c26-20(17-8-10-28-13-17)24-22-23-18-7-9-25(12-19(18)29-22)21(27)16-6-5-14-3-1-2-4-15(14)11-16/h1-6,8,10-11,13H,7,9,12H2,(H,23,24,26). The van der Waals surface area contributed by atoms with Crippen molar-refractivity contribution in [3.8, 4) is 0 Å². The average Bonchev–Trinajstić information content (AvgIpc) is 3.42. The Kier molecular flexibility index (Phi) is 4.61. The molecule has 0 fully saturated rings. The van der Waals surface area contributed by atoms with E-state index in [9.17, 15) is 9.59 Å². The number of benzene rings is 2. The van der Waals surface area contributed by atoms with E-state index in [-0.39, 0.29) is 11.8 Å². The summed E-state index contributed by atoms with van der Waals surface area (Å²) in [5, 5.41) is 9.33. The fourth-order valence-electron chi connectivity index (χ4n) is 3.49. The molecule has 5 nitrogen and oxygen atoms in total. The van der Waals surface area contributed by atoms with Gasteiger partial charge >= 0.3 is 0 Å². The highest BCUT2D eigenvalue weighted by Crippen LogP contribution is 2.29. The number of amides is 2. The van der Waals surface area contributed by atoms with Gasteiger partial charge in [-0.25, -0.2) is 4.98 Å². The van der Waals surface area contributed by atoms with E-state index < -0.39 is 0 Å². The van der Waals surface area contributed by atoms with Crippen LogP contribution in [0.3, 0.4) is 0 Å². The van der Waals surface area contributed by atoms with Crippen LogP contribution in [-0.2, 0) is 13.0 Å². The number of anilines is 1. The van der Waals surface area contributed by atoms with Crippen molar-refractivity contribution in [2.75, 3.05) is 11.9 Å². The summed E-state index contributed by atoms with van der Waals surface area (Å²) in [6.45, 7) is 1.15. The summed E-state index contributed by atoms with van der Waals surface area (Å²) in [6, 6.07) is 15.7. The van der Waals surface area contributed by atoms with Gasteiger partial charge in [0.2, 0.25) is 0 Å². The number of hydrogen-bond acceptors (Lipinski definition) is 5. The number of carbonyl (C=O) groups is 2. The van der Waals surface area contributed by atoms with E-state index in [2.05, 4.69) is 10.3 Å². The van der Waals surface area contributed by atoms with E-state index in [0.29, 0.717) is 35.8 Å². The Morgan fingerprint density at radius 1 is 1.03 bits per heavy atom. The summed E-state index contributed by atoms with van der Waals surface area (Å²) in [5.74, 6) is -0.125. The molecule has 0 unspecified atom stereocenters. The van der Waals surface area contributed by atoms with Crippen molar-refractivity contribution in [2.45, 2.75) is 13.0 Å². The van der Waals surface area contributed by atoms with Crippen LogP contribution in [0.4, 0.5) is 5.13 Å². The largest absolute Gasteiger partial charge is 0.333 e. The van der Waals surface area contributed by atoms with Gasteiger partial charge in [0.25, 0.3) is 11.8 Å². The maximum Gasteiger partial charge on any atom is 0.258 e. The Hall–Kier alpha value is -3.03. The van der Waals surface area contributed by atoms with Crippen LogP contribution in [0.1, 0.15) is 31.3 Å². The first-order valence-electron chi connectivity index (χ1n) is 9.27. The lowest BCUT2D eigenvalue weighted by Gasteiger charge is -2.26. The number of nitrogens with zero attached hydrogens (tertiary/aromatic N) is 2. The number of carbonyl (C=O) groups excluding carboxylic acids is 2. The molecule has 1 N–H and O–H groups in total. The van der Waals surface area contributed by atoms with Crippen molar-refractivity contribution in [3.05, 3.63) is 81.0 Å². The van der Waals surface area contributed by atoms with E-state index in [1.54, 1.807) is 6.07 Å². The molecule has 0 atom stereocenters. The van der Waals surface area contributed by atoms with Gasteiger partial charge in [-0.2, -0.15) is 11.3 Å². The summed E-state index contributed by atoms with van der Waals surface area (Å²) in [7, 11) is 0. The minimum absolute atomic E-state index is 0.0265. The quantitative estimate of drug-likeness (QED) is 0.518. The first-order chi connectivity index (χ1) is 14.2. The predicted octanol–water partition coefficient (Wildman–Crippen LogP) is 4.81. The molecule has 7 heteroatoms. The maximum absolute atomic E-state index is 13.0. The molecule has 2 aromatic heterocycles. The second-order valence-electron chi connectivity index (χ2n) is 6.89. The van der Waals surface area contributed by atoms with Crippen LogP contribution in [-0.4, -0.2) is 28.2 Å². The van der Waals surface area contributed by atoms with Crippen LogP contribution in [0.15, 0.2) is 59.3 Å². The van der Waals surface area contributed by atoms with Gasteiger partial charge in [0.1, 0.15) is 0 Å². The normalized spacial score (nSPS) is 13.3. The van der Waals surface area contributed by atoms with E-state index in [1.165, 1.54) is 22.7 Å². The highest BCUT2D eigenvalue weighted by atomic mass is 32.1. The molecule has 0 radical (unpaired) electrons. The number of thiophene rings is 1. The number of thiazole rings is 1. The molecule has 1 aliphatic rings. The second kappa shape index (κ2) is 7.42. The summed E-state index contributed by atoms with van der Waals surface area (Å²) in [4.78, 5) is 32.7. The number of hydrogen-bond donors (Lipinski definition) is 1. The zero-order chi connectivity index (χ0) is 19.8. The van der Waals surface area contributed by atoms with Crippen molar-refractivity contribution in [1.29, 1.82) is 0 Å².